The highest BCUT2D eigenvalue weighted by atomic mass is 16.6. The van der Waals surface area contributed by atoms with Gasteiger partial charge in [0.2, 0.25) is 5.82 Å². The standard InChI is InChI=1S/C14H12N6O2/c21-20(22)11-7-4-8-15-13(11)18-12(14-16-9-17-19-14)10-5-2-1-3-6-10/h1-9,12H,(H,15,18)(H,16,17,19). The zero-order valence-corrected chi connectivity index (χ0v) is 11.4. The van der Waals surface area contributed by atoms with Gasteiger partial charge in [-0.1, -0.05) is 30.3 Å². The van der Waals surface area contributed by atoms with Gasteiger partial charge in [-0.2, -0.15) is 5.10 Å². The van der Waals surface area contributed by atoms with Crippen molar-refractivity contribution >= 4 is 11.5 Å². The second-order valence-electron chi connectivity index (χ2n) is 4.49. The monoisotopic (exact) mass is 296 g/mol. The predicted molar refractivity (Wildman–Crippen MR) is 79.2 cm³/mol. The molecule has 1 aromatic carbocycles. The number of aromatic amines is 1. The van der Waals surface area contributed by atoms with Crippen molar-refractivity contribution in [2.45, 2.75) is 6.04 Å². The van der Waals surface area contributed by atoms with Gasteiger partial charge in [0.1, 0.15) is 12.4 Å². The first-order valence-corrected chi connectivity index (χ1v) is 6.52. The zero-order chi connectivity index (χ0) is 15.4. The van der Waals surface area contributed by atoms with E-state index in [0.717, 1.165) is 5.56 Å². The lowest BCUT2D eigenvalue weighted by molar-refractivity contribution is -0.384. The summed E-state index contributed by atoms with van der Waals surface area (Å²) in [5, 5.41) is 20.8. The summed E-state index contributed by atoms with van der Waals surface area (Å²) in [7, 11) is 0. The Morgan fingerprint density at radius 1 is 1.14 bits per heavy atom. The second-order valence-corrected chi connectivity index (χ2v) is 4.49. The SMILES string of the molecule is O=[N+]([O-])c1cccnc1NC(c1ccccc1)c1ncn[nH]1. The molecule has 1 unspecified atom stereocenters. The number of rotatable bonds is 5. The Bertz CT molecular complexity index is 760. The fraction of sp³-hybridized carbons (Fsp3) is 0.0714. The molecule has 0 aliphatic rings. The van der Waals surface area contributed by atoms with Crippen LogP contribution in [0, 0.1) is 10.1 Å². The maximum absolute atomic E-state index is 11.1. The first kappa shape index (κ1) is 13.7. The molecule has 1 atom stereocenters. The Labute approximate surface area is 125 Å². The van der Waals surface area contributed by atoms with Crippen molar-refractivity contribution in [3.8, 4) is 0 Å². The van der Waals surface area contributed by atoms with Crippen molar-refractivity contribution in [1.29, 1.82) is 0 Å². The third-order valence-electron chi connectivity index (χ3n) is 3.10. The van der Waals surface area contributed by atoms with E-state index in [4.69, 9.17) is 0 Å². The van der Waals surface area contributed by atoms with E-state index in [0.29, 0.717) is 5.82 Å². The maximum Gasteiger partial charge on any atom is 0.311 e. The van der Waals surface area contributed by atoms with E-state index < -0.39 is 11.0 Å². The molecule has 0 amide bonds. The smallest absolute Gasteiger partial charge is 0.311 e. The van der Waals surface area contributed by atoms with Crippen molar-refractivity contribution in [2.75, 3.05) is 5.32 Å². The van der Waals surface area contributed by atoms with Gasteiger partial charge in [0.25, 0.3) is 0 Å². The van der Waals surface area contributed by atoms with E-state index in [-0.39, 0.29) is 11.5 Å². The molecule has 22 heavy (non-hydrogen) atoms. The van der Waals surface area contributed by atoms with Gasteiger partial charge in [0.15, 0.2) is 5.82 Å². The number of aromatic nitrogens is 4. The highest BCUT2D eigenvalue weighted by molar-refractivity contribution is 5.57. The van der Waals surface area contributed by atoms with Crippen molar-refractivity contribution < 1.29 is 4.92 Å². The molecular weight excluding hydrogens is 284 g/mol. The average Bonchev–Trinajstić information content (AvgIpc) is 3.08. The molecule has 0 spiro atoms. The number of pyridine rings is 1. The van der Waals surface area contributed by atoms with Crippen LogP contribution in [0.2, 0.25) is 0 Å². The fourth-order valence-electron chi connectivity index (χ4n) is 2.10. The summed E-state index contributed by atoms with van der Waals surface area (Å²) in [5.74, 6) is 0.726. The molecule has 3 rings (SSSR count). The number of H-pyrrole nitrogens is 1. The Morgan fingerprint density at radius 2 is 1.95 bits per heavy atom. The Kier molecular flexibility index (Phi) is 3.73. The van der Waals surface area contributed by atoms with Crippen LogP contribution in [0.25, 0.3) is 0 Å². The van der Waals surface area contributed by atoms with Gasteiger partial charge in [0.05, 0.1) is 4.92 Å². The molecule has 0 saturated heterocycles. The van der Waals surface area contributed by atoms with Crippen molar-refractivity contribution in [1.82, 2.24) is 20.2 Å². The molecule has 8 nitrogen and oxygen atoms in total. The van der Waals surface area contributed by atoms with Crippen molar-refractivity contribution in [3.05, 3.63) is 76.5 Å². The molecule has 110 valence electrons. The van der Waals surface area contributed by atoms with Gasteiger partial charge in [-0.25, -0.2) is 9.97 Å². The van der Waals surface area contributed by atoms with Crippen molar-refractivity contribution in [2.24, 2.45) is 0 Å². The lowest BCUT2D eigenvalue weighted by Gasteiger charge is -2.17. The molecule has 0 saturated carbocycles. The minimum Gasteiger partial charge on any atom is -0.350 e. The fourth-order valence-corrected chi connectivity index (χ4v) is 2.10. The molecule has 0 aliphatic carbocycles. The van der Waals surface area contributed by atoms with Gasteiger partial charge >= 0.3 is 5.69 Å². The molecule has 2 heterocycles. The van der Waals surface area contributed by atoms with Crippen LogP contribution in [-0.2, 0) is 0 Å². The topological polar surface area (TPSA) is 110 Å². The lowest BCUT2D eigenvalue weighted by atomic mass is 10.1. The predicted octanol–water partition coefficient (Wildman–Crippen LogP) is 2.31. The molecule has 2 aromatic heterocycles. The van der Waals surface area contributed by atoms with Gasteiger partial charge in [-0.05, 0) is 11.6 Å². The third kappa shape index (κ3) is 2.75. The van der Waals surface area contributed by atoms with Gasteiger partial charge in [-0.15, -0.1) is 0 Å². The van der Waals surface area contributed by atoms with Gasteiger partial charge in [-0.3, -0.25) is 15.2 Å². The van der Waals surface area contributed by atoms with E-state index in [9.17, 15) is 10.1 Å². The summed E-state index contributed by atoms with van der Waals surface area (Å²) >= 11 is 0. The number of nitrogens with zero attached hydrogens (tertiary/aromatic N) is 4. The van der Waals surface area contributed by atoms with E-state index in [1.54, 1.807) is 0 Å². The van der Waals surface area contributed by atoms with Crippen LogP contribution in [0.15, 0.2) is 55.0 Å². The third-order valence-corrected chi connectivity index (χ3v) is 3.10. The van der Waals surface area contributed by atoms with Crippen LogP contribution in [-0.4, -0.2) is 25.1 Å². The van der Waals surface area contributed by atoms with Gasteiger partial charge in [0, 0.05) is 12.3 Å². The Hall–Kier alpha value is -3.29. The van der Waals surface area contributed by atoms with Crippen molar-refractivity contribution in [3.63, 3.8) is 0 Å². The molecule has 2 N–H and O–H groups in total. The molecule has 8 heteroatoms. The number of nitro groups is 1. The summed E-state index contributed by atoms with van der Waals surface area (Å²) in [6, 6.07) is 12.0. The normalized spacial score (nSPS) is 11.8. The molecule has 0 bridgehead atoms. The van der Waals surface area contributed by atoms with Crippen LogP contribution >= 0.6 is 0 Å². The first-order valence-electron chi connectivity index (χ1n) is 6.52. The lowest BCUT2D eigenvalue weighted by Crippen LogP contribution is -2.15. The summed E-state index contributed by atoms with van der Waals surface area (Å²) in [6.45, 7) is 0. The summed E-state index contributed by atoms with van der Waals surface area (Å²) < 4.78 is 0. The molecule has 0 fully saturated rings. The Morgan fingerprint density at radius 3 is 2.64 bits per heavy atom. The Balaban J connectivity index is 2.00. The maximum atomic E-state index is 11.1. The number of benzene rings is 1. The highest BCUT2D eigenvalue weighted by Crippen LogP contribution is 2.28. The van der Waals surface area contributed by atoms with E-state index in [1.165, 1.54) is 24.7 Å². The molecule has 0 aliphatic heterocycles. The largest absolute Gasteiger partial charge is 0.350 e. The number of hydrogen-bond donors (Lipinski definition) is 2. The van der Waals surface area contributed by atoms with E-state index in [2.05, 4.69) is 25.5 Å². The highest BCUT2D eigenvalue weighted by Gasteiger charge is 2.22. The van der Waals surface area contributed by atoms with Crippen LogP contribution in [0.3, 0.4) is 0 Å². The summed E-state index contributed by atoms with van der Waals surface area (Å²) in [6.07, 6.45) is 2.89. The quantitative estimate of drug-likeness (QED) is 0.552. The van der Waals surface area contributed by atoms with E-state index in [1.807, 2.05) is 30.3 Å². The van der Waals surface area contributed by atoms with Crippen LogP contribution in [0.5, 0.6) is 0 Å². The number of hydrogen-bond acceptors (Lipinski definition) is 6. The second kappa shape index (κ2) is 6.00. The molecule has 3 aromatic rings. The summed E-state index contributed by atoms with van der Waals surface area (Å²) in [5.41, 5.74) is 0.794. The van der Waals surface area contributed by atoms with Crippen LogP contribution in [0.4, 0.5) is 11.5 Å². The number of anilines is 1. The molecular formula is C14H12N6O2. The van der Waals surface area contributed by atoms with Gasteiger partial charge < -0.3 is 5.32 Å². The first-order chi connectivity index (χ1) is 10.8. The van der Waals surface area contributed by atoms with Crippen LogP contribution < -0.4 is 5.32 Å². The summed E-state index contributed by atoms with van der Waals surface area (Å²) in [4.78, 5) is 18.8. The minimum absolute atomic E-state index is 0.0945. The average molecular weight is 296 g/mol. The zero-order valence-electron chi connectivity index (χ0n) is 11.4. The van der Waals surface area contributed by atoms with E-state index >= 15 is 0 Å². The van der Waals surface area contributed by atoms with Crippen LogP contribution in [0.1, 0.15) is 17.4 Å². The molecule has 0 radical (unpaired) electrons. The minimum atomic E-state index is -0.474. The number of nitrogens with one attached hydrogen (secondary N) is 2.